The Kier molecular flexibility index (Phi) is 13.8. The van der Waals surface area contributed by atoms with Crippen molar-refractivity contribution in [3.05, 3.63) is 111 Å². The van der Waals surface area contributed by atoms with Crippen molar-refractivity contribution in [2.45, 2.75) is 84.4 Å². The summed E-state index contributed by atoms with van der Waals surface area (Å²) < 4.78 is -0.0583. The molecular weight excluding hydrogens is 603 g/mol. The average Bonchev–Trinajstić information content (AvgIpc) is 3.09. The molecule has 4 rings (SSSR count). The minimum atomic E-state index is -2.63. The first-order chi connectivity index (χ1) is 17.7. The van der Waals surface area contributed by atoms with E-state index in [1.165, 1.54) is 38.6 Å². The van der Waals surface area contributed by atoms with Gasteiger partial charge in [-0.25, -0.2) is 0 Å². The van der Waals surface area contributed by atoms with E-state index < -0.39 is 8.07 Å². The van der Waals surface area contributed by atoms with E-state index in [0.717, 1.165) is 25.7 Å². The Labute approximate surface area is 275 Å². The zero-order valence-corrected chi connectivity index (χ0v) is 30.1. The minimum absolute atomic E-state index is 0. The number of rotatable bonds is 8. The number of hydrogen-bond acceptors (Lipinski definition) is 0. The van der Waals surface area contributed by atoms with Gasteiger partial charge in [-0.05, 0) is 0 Å². The summed E-state index contributed by atoms with van der Waals surface area (Å²) in [5.41, 5.74) is 11.9. The molecule has 0 saturated heterocycles. The molecule has 212 valence electrons. The Morgan fingerprint density at radius 3 is 1.15 bits per heavy atom. The van der Waals surface area contributed by atoms with Crippen LogP contribution in [0.5, 0.6) is 0 Å². The molecule has 3 aromatic carbocycles. The molecule has 0 aromatic heterocycles. The molecule has 0 nitrogen and oxygen atoms in total. The van der Waals surface area contributed by atoms with E-state index in [0.29, 0.717) is 0 Å². The van der Waals surface area contributed by atoms with Crippen molar-refractivity contribution in [3.63, 3.8) is 0 Å². The van der Waals surface area contributed by atoms with E-state index in [9.17, 15) is 0 Å². The van der Waals surface area contributed by atoms with Crippen LogP contribution in [0.3, 0.4) is 0 Å². The second-order valence-corrected chi connectivity index (χ2v) is 16.8. The predicted molar refractivity (Wildman–Crippen MR) is 161 cm³/mol. The van der Waals surface area contributed by atoms with E-state index in [1.807, 2.05) is 0 Å². The van der Waals surface area contributed by atoms with Crippen molar-refractivity contribution in [3.8, 4) is 0 Å². The molecule has 0 amide bonds. The van der Waals surface area contributed by atoms with Crippen LogP contribution in [0.15, 0.2) is 89.0 Å². The first kappa shape index (κ1) is 37.0. The van der Waals surface area contributed by atoms with Gasteiger partial charge in [-0.2, -0.15) is 0 Å². The van der Waals surface area contributed by atoms with Crippen LogP contribution in [-0.4, -0.2) is 8.07 Å². The van der Waals surface area contributed by atoms with Gasteiger partial charge in [0.25, 0.3) is 0 Å². The maximum Gasteiger partial charge on any atom is -1.00 e. The Morgan fingerprint density at radius 1 is 0.525 bits per heavy atom. The summed E-state index contributed by atoms with van der Waals surface area (Å²) in [6.07, 6.45) is 4.25. The minimum Gasteiger partial charge on any atom is -1.00 e. The van der Waals surface area contributed by atoms with Crippen molar-refractivity contribution in [1.29, 1.82) is 0 Å². The van der Waals surface area contributed by atoms with Gasteiger partial charge >= 0.3 is 240 Å². The summed E-state index contributed by atoms with van der Waals surface area (Å²) in [6, 6.07) is 26.8. The number of hydrogen-bond donors (Lipinski definition) is 0. The predicted octanol–water partition coefficient (Wildman–Crippen LogP) is -1.65. The summed E-state index contributed by atoms with van der Waals surface area (Å²) in [5, 5.41) is 4.65. The van der Waals surface area contributed by atoms with Crippen LogP contribution in [0.1, 0.15) is 77.6 Å². The molecule has 0 fully saturated rings. The quantitative estimate of drug-likeness (QED) is 0.204. The number of allylic oxidation sites excluding steroid dienone is 4. The third kappa shape index (κ3) is 5.90. The van der Waals surface area contributed by atoms with E-state index >= 15 is 0 Å². The summed E-state index contributed by atoms with van der Waals surface area (Å²) in [7, 11) is -2.63. The second-order valence-electron chi connectivity index (χ2n) is 10.9. The SMILES string of the molecule is CCc1cc(CC)cc([Si](c2ccccc2)(c2cc(CC)cc(CC)c2)[C]2([Ti+3])C(C)=C(C)C(C)=C2C)c1.[Cl-].[Cl-].[Cl-]. The van der Waals surface area contributed by atoms with Crippen molar-refractivity contribution >= 4 is 23.6 Å². The summed E-state index contributed by atoms with van der Waals surface area (Å²) in [5.74, 6) is 0. The van der Waals surface area contributed by atoms with Crippen molar-refractivity contribution in [1.82, 2.24) is 0 Å². The van der Waals surface area contributed by atoms with Crippen molar-refractivity contribution in [2.75, 3.05) is 0 Å². The Bertz CT molecular complexity index is 1250. The molecule has 5 heteroatoms. The molecule has 0 radical (unpaired) electrons. The monoisotopic (exact) mass is 644 g/mol. The van der Waals surface area contributed by atoms with E-state index in [2.05, 4.69) is 143 Å². The molecule has 0 N–H and O–H groups in total. The third-order valence-corrected chi connectivity index (χ3v) is 17.5. The fourth-order valence-corrected chi connectivity index (χ4v) is 15.3. The molecule has 0 atom stereocenters. The fraction of sp³-hybridized carbons (Fsp3) is 0.371. The van der Waals surface area contributed by atoms with Gasteiger partial charge in [0, 0.05) is 0 Å². The summed E-state index contributed by atoms with van der Waals surface area (Å²) in [4.78, 5) is 0. The van der Waals surface area contributed by atoms with Gasteiger partial charge in [-0.15, -0.1) is 0 Å². The molecule has 0 bridgehead atoms. The van der Waals surface area contributed by atoms with Crippen LogP contribution in [0.4, 0.5) is 0 Å². The van der Waals surface area contributed by atoms with Gasteiger partial charge in [-0.1, -0.05) is 0 Å². The maximum absolute atomic E-state index is 2.63. The molecule has 0 heterocycles. The zero-order chi connectivity index (χ0) is 27.0. The molecule has 1 aliphatic carbocycles. The normalized spacial score (nSPS) is 14.4. The van der Waals surface area contributed by atoms with E-state index in [4.69, 9.17) is 0 Å². The molecular formula is C35H43Cl3SiTi. The van der Waals surface area contributed by atoms with Crippen LogP contribution in [0, 0.1) is 0 Å². The standard InChI is InChI=1S/C35H43Si.3ClH.Ti/c1-9-28-18-29(10-2)21-33(20-28)36(32-16-14-13-15-17-32,35-26(7)24(5)25(6)27(35)8)34-22-30(11-3)19-31(12-4)23-34;;;;/h13-23H,9-12H2,1-8H3;3*1H;/q;;;;+3/p-3. The van der Waals surface area contributed by atoms with Gasteiger partial charge in [0.05, 0.1) is 0 Å². The molecule has 3 aromatic rings. The second kappa shape index (κ2) is 14.9. The molecule has 40 heavy (non-hydrogen) atoms. The van der Waals surface area contributed by atoms with E-state index in [-0.39, 0.29) is 40.6 Å². The van der Waals surface area contributed by atoms with Crippen LogP contribution < -0.4 is 52.8 Å². The molecule has 0 unspecified atom stereocenters. The molecule has 0 spiro atoms. The number of benzene rings is 3. The summed E-state index contributed by atoms with van der Waals surface area (Å²) in [6.45, 7) is 18.8. The Morgan fingerprint density at radius 2 is 0.850 bits per heavy atom. The van der Waals surface area contributed by atoms with Gasteiger partial charge in [-0.3, -0.25) is 0 Å². The average molecular weight is 646 g/mol. The topological polar surface area (TPSA) is 0 Å². The fourth-order valence-electron chi connectivity index (χ4n) is 6.58. The number of halogens is 3. The van der Waals surface area contributed by atoms with Crippen LogP contribution in [0.2, 0.25) is 3.34 Å². The van der Waals surface area contributed by atoms with Crippen LogP contribution in [0.25, 0.3) is 0 Å². The Balaban J connectivity index is 0.00000267. The summed E-state index contributed by atoms with van der Waals surface area (Å²) >= 11 is 2.59. The van der Waals surface area contributed by atoms with Crippen LogP contribution >= 0.6 is 0 Å². The zero-order valence-electron chi connectivity index (χ0n) is 25.3. The van der Waals surface area contributed by atoms with Gasteiger partial charge in [0.2, 0.25) is 0 Å². The molecule has 1 aliphatic rings. The molecule has 0 aliphatic heterocycles. The van der Waals surface area contributed by atoms with E-state index in [1.54, 1.807) is 21.5 Å². The van der Waals surface area contributed by atoms with Crippen LogP contribution in [-0.2, 0) is 46.1 Å². The largest absolute Gasteiger partial charge is 1.00 e. The molecule has 0 saturated carbocycles. The number of aryl methyl sites for hydroxylation is 4. The van der Waals surface area contributed by atoms with Gasteiger partial charge in [0.1, 0.15) is 0 Å². The van der Waals surface area contributed by atoms with Crippen molar-refractivity contribution < 1.29 is 57.7 Å². The van der Waals surface area contributed by atoms with Crippen molar-refractivity contribution in [2.24, 2.45) is 0 Å². The first-order valence-electron chi connectivity index (χ1n) is 14.1. The Hall–Kier alpha value is -1.06. The smallest absolute Gasteiger partial charge is 1.00 e. The maximum atomic E-state index is 2.59. The first-order valence-corrected chi connectivity index (χ1v) is 16.9. The van der Waals surface area contributed by atoms with Gasteiger partial charge in [0.15, 0.2) is 0 Å². The third-order valence-electron chi connectivity index (χ3n) is 9.19. The van der Waals surface area contributed by atoms with Gasteiger partial charge < -0.3 is 37.2 Å².